The van der Waals surface area contributed by atoms with Crippen LogP contribution in [0, 0.1) is 11.3 Å². The third-order valence-electron chi connectivity index (χ3n) is 4.63. The minimum atomic E-state index is -0.427. The van der Waals surface area contributed by atoms with Crippen LogP contribution < -0.4 is 4.74 Å². The van der Waals surface area contributed by atoms with Crippen LogP contribution in [-0.4, -0.2) is 12.8 Å². The molecule has 144 valence electrons. The van der Waals surface area contributed by atoms with Crippen molar-refractivity contribution in [2.45, 2.75) is 13.8 Å². The summed E-state index contributed by atoms with van der Waals surface area (Å²) in [7, 11) is 0. The molecule has 29 heavy (non-hydrogen) atoms. The minimum absolute atomic E-state index is 0.162. The first-order valence-electron chi connectivity index (χ1n) is 9.24. The Labute approximate surface area is 170 Å². The Bertz CT molecular complexity index is 1040. The summed E-state index contributed by atoms with van der Waals surface area (Å²) < 4.78 is 10.7. The molecule has 0 aliphatic rings. The number of hydrogen-bond acceptors (Lipinski definition) is 4. The Morgan fingerprint density at radius 1 is 0.897 bits per heavy atom. The predicted octanol–water partition coefficient (Wildman–Crippen LogP) is 5.84. The molecule has 0 saturated heterocycles. The lowest BCUT2D eigenvalue weighted by Gasteiger charge is -2.09. The van der Waals surface area contributed by atoms with Crippen LogP contribution >= 0.6 is 0 Å². The fraction of sp³-hybridized carbons (Fsp3) is 0.120. The number of carbonyl (C=O) groups excluding carboxylic acids is 1. The van der Waals surface area contributed by atoms with Crippen molar-refractivity contribution in [2.75, 3.05) is 6.79 Å². The highest BCUT2D eigenvalue weighted by molar-refractivity contribution is 5.89. The summed E-state index contributed by atoms with van der Waals surface area (Å²) in [5.41, 5.74) is 5.36. The third-order valence-corrected chi connectivity index (χ3v) is 4.63. The van der Waals surface area contributed by atoms with Gasteiger partial charge in [-0.1, -0.05) is 42.5 Å². The van der Waals surface area contributed by atoms with E-state index in [2.05, 4.69) is 6.07 Å². The van der Waals surface area contributed by atoms with Gasteiger partial charge in [0.05, 0.1) is 17.2 Å². The molecule has 0 fully saturated rings. The number of benzene rings is 3. The smallest absolute Gasteiger partial charge is 0.340 e. The number of rotatable bonds is 6. The first-order valence-corrected chi connectivity index (χ1v) is 9.24. The van der Waals surface area contributed by atoms with E-state index in [1.165, 1.54) is 0 Å². The second-order valence-corrected chi connectivity index (χ2v) is 6.46. The molecule has 0 spiro atoms. The third kappa shape index (κ3) is 5.12. The van der Waals surface area contributed by atoms with E-state index in [9.17, 15) is 4.79 Å². The molecule has 0 bridgehead atoms. The molecule has 4 nitrogen and oxygen atoms in total. The van der Waals surface area contributed by atoms with E-state index in [0.717, 1.165) is 22.3 Å². The fourth-order valence-corrected chi connectivity index (χ4v) is 2.75. The van der Waals surface area contributed by atoms with Gasteiger partial charge in [0.2, 0.25) is 6.79 Å². The van der Waals surface area contributed by atoms with E-state index in [4.69, 9.17) is 14.7 Å². The molecule has 0 unspecified atom stereocenters. The van der Waals surface area contributed by atoms with Gasteiger partial charge in [0.1, 0.15) is 5.75 Å². The number of ether oxygens (including phenoxy) is 2. The Morgan fingerprint density at radius 3 is 2.00 bits per heavy atom. The zero-order valence-corrected chi connectivity index (χ0v) is 16.4. The summed E-state index contributed by atoms with van der Waals surface area (Å²) in [6, 6.07) is 24.2. The topological polar surface area (TPSA) is 59.3 Å². The van der Waals surface area contributed by atoms with Gasteiger partial charge in [0, 0.05) is 0 Å². The highest BCUT2D eigenvalue weighted by Crippen LogP contribution is 2.23. The molecule has 3 aromatic carbocycles. The number of allylic oxidation sites excluding steroid dienone is 2. The molecule has 0 aliphatic carbocycles. The Morgan fingerprint density at radius 2 is 1.45 bits per heavy atom. The Balaban J connectivity index is 1.53. The maximum absolute atomic E-state index is 12.1. The molecule has 0 amide bonds. The zero-order chi connectivity index (χ0) is 20.6. The van der Waals surface area contributed by atoms with Crippen LogP contribution in [0.3, 0.4) is 0 Å². The molecule has 0 heterocycles. The molecule has 0 saturated carbocycles. The lowest BCUT2D eigenvalue weighted by atomic mass is 10.0. The molecule has 3 rings (SSSR count). The van der Waals surface area contributed by atoms with Crippen molar-refractivity contribution in [1.29, 1.82) is 5.26 Å². The fourth-order valence-electron chi connectivity index (χ4n) is 2.75. The van der Waals surface area contributed by atoms with Crippen LogP contribution in [0.2, 0.25) is 0 Å². The summed E-state index contributed by atoms with van der Waals surface area (Å²) in [4.78, 5) is 12.1. The number of hydrogen-bond donors (Lipinski definition) is 0. The first kappa shape index (κ1) is 19.9. The van der Waals surface area contributed by atoms with Crippen molar-refractivity contribution in [3.8, 4) is 22.9 Å². The van der Waals surface area contributed by atoms with Crippen LogP contribution in [0.15, 0.2) is 78.9 Å². The average molecular weight is 383 g/mol. The highest BCUT2D eigenvalue weighted by Gasteiger charge is 2.08. The van der Waals surface area contributed by atoms with Crippen molar-refractivity contribution in [2.24, 2.45) is 0 Å². The van der Waals surface area contributed by atoms with E-state index in [1.54, 1.807) is 24.3 Å². The van der Waals surface area contributed by atoms with E-state index in [1.807, 2.05) is 68.5 Å². The maximum atomic E-state index is 12.1. The molecule has 0 atom stereocenters. The quantitative estimate of drug-likeness (QED) is 0.396. The maximum Gasteiger partial charge on any atom is 0.340 e. The van der Waals surface area contributed by atoms with Crippen LogP contribution in [0.4, 0.5) is 0 Å². The molecule has 0 aliphatic heterocycles. The summed E-state index contributed by atoms with van der Waals surface area (Å²) in [6.07, 6.45) is 2.02. The summed E-state index contributed by atoms with van der Waals surface area (Å²) >= 11 is 0. The largest absolute Gasteiger partial charge is 0.457 e. The van der Waals surface area contributed by atoms with Crippen LogP contribution in [-0.2, 0) is 4.74 Å². The van der Waals surface area contributed by atoms with Crippen molar-refractivity contribution >= 4 is 11.5 Å². The van der Waals surface area contributed by atoms with Gasteiger partial charge in [0.25, 0.3) is 0 Å². The molecular formula is C25H21NO3. The van der Waals surface area contributed by atoms with Gasteiger partial charge in [-0.3, -0.25) is 0 Å². The molecule has 0 radical (unpaired) electrons. The van der Waals surface area contributed by atoms with E-state index in [0.29, 0.717) is 16.9 Å². The van der Waals surface area contributed by atoms with Gasteiger partial charge >= 0.3 is 5.97 Å². The standard InChI is InChI=1S/C25H21NO3/c1-3-18(2)20-8-10-23(11-9-20)25(27)29-17-28-24-14-12-22(13-15-24)21-6-4-19(16-26)5-7-21/h3-15H,17H2,1-2H3. The number of esters is 1. The van der Waals surface area contributed by atoms with Gasteiger partial charge < -0.3 is 9.47 Å². The average Bonchev–Trinajstić information content (AvgIpc) is 2.79. The molecular weight excluding hydrogens is 362 g/mol. The summed E-state index contributed by atoms with van der Waals surface area (Å²) in [5.74, 6) is 0.179. The van der Waals surface area contributed by atoms with Crippen molar-refractivity contribution in [1.82, 2.24) is 0 Å². The van der Waals surface area contributed by atoms with Gasteiger partial charge in [-0.25, -0.2) is 4.79 Å². The Kier molecular flexibility index (Phi) is 6.44. The van der Waals surface area contributed by atoms with Gasteiger partial charge in [-0.15, -0.1) is 0 Å². The zero-order valence-electron chi connectivity index (χ0n) is 16.4. The first-order chi connectivity index (χ1) is 14.1. The highest BCUT2D eigenvalue weighted by atomic mass is 16.7. The van der Waals surface area contributed by atoms with E-state index < -0.39 is 5.97 Å². The van der Waals surface area contributed by atoms with Gasteiger partial charge in [0.15, 0.2) is 0 Å². The minimum Gasteiger partial charge on any atom is -0.457 e. The van der Waals surface area contributed by atoms with Crippen molar-refractivity contribution in [3.63, 3.8) is 0 Å². The van der Waals surface area contributed by atoms with E-state index >= 15 is 0 Å². The van der Waals surface area contributed by atoms with Crippen LogP contribution in [0.25, 0.3) is 16.7 Å². The second-order valence-electron chi connectivity index (χ2n) is 6.46. The summed E-state index contributed by atoms with van der Waals surface area (Å²) in [6.45, 7) is 3.84. The normalized spacial score (nSPS) is 10.9. The van der Waals surface area contributed by atoms with E-state index in [-0.39, 0.29) is 6.79 Å². The van der Waals surface area contributed by atoms with Crippen molar-refractivity contribution < 1.29 is 14.3 Å². The van der Waals surface area contributed by atoms with Crippen LogP contribution in [0.5, 0.6) is 5.75 Å². The molecule has 3 aromatic rings. The SMILES string of the molecule is CC=C(C)c1ccc(C(=O)OCOc2ccc(-c3ccc(C#N)cc3)cc2)cc1. The lowest BCUT2D eigenvalue weighted by molar-refractivity contribution is 0.0154. The van der Waals surface area contributed by atoms with Crippen molar-refractivity contribution in [3.05, 3.63) is 95.6 Å². The molecule has 0 N–H and O–H groups in total. The number of nitrogens with zero attached hydrogens (tertiary/aromatic N) is 1. The molecule has 0 aromatic heterocycles. The number of carbonyl (C=O) groups is 1. The predicted molar refractivity (Wildman–Crippen MR) is 113 cm³/mol. The van der Waals surface area contributed by atoms with Crippen LogP contribution in [0.1, 0.15) is 35.3 Å². The van der Waals surface area contributed by atoms with Gasteiger partial charge in [-0.2, -0.15) is 5.26 Å². The summed E-state index contributed by atoms with van der Waals surface area (Å²) in [5, 5.41) is 8.87. The lowest BCUT2D eigenvalue weighted by Crippen LogP contribution is -2.10. The molecule has 4 heteroatoms. The second kappa shape index (κ2) is 9.38. The monoisotopic (exact) mass is 383 g/mol. The Hall–Kier alpha value is -3.84. The number of nitriles is 1. The van der Waals surface area contributed by atoms with Gasteiger partial charge in [-0.05, 0) is 72.5 Å².